The van der Waals surface area contributed by atoms with Crippen molar-refractivity contribution < 1.29 is 32.6 Å². The van der Waals surface area contributed by atoms with Crippen molar-refractivity contribution >= 4 is 0 Å². The Kier molecular flexibility index (Phi) is 17.4. The van der Waals surface area contributed by atoms with Crippen molar-refractivity contribution in [3.63, 3.8) is 0 Å². The summed E-state index contributed by atoms with van der Waals surface area (Å²) < 4.78 is 0. The zero-order valence-corrected chi connectivity index (χ0v) is 10.5. The lowest BCUT2D eigenvalue weighted by Crippen LogP contribution is -3.13. The molecular formula is C10H25ClN2O3. The smallest absolute Gasteiger partial charge is 0.101 e. The largest absolute Gasteiger partial charge is 1.00 e. The van der Waals surface area contributed by atoms with Crippen LogP contribution in [-0.4, -0.2) is 67.9 Å². The lowest BCUT2D eigenvalue weighted by molar-refractivity contribution is -0.900. The van der Waals surface area contributed by atoms with Crippen LogP contribution in [0.25, 0.3) is 0 Å². The normalized spacial score (nSPS) is 10.5. The second kappa shape index (κ2) is 15.1. The molecule has 100 valence electrons. The Labute approximate surface area is 104 Å². The van der Waals surface area contributed by atoms with Gasteiger partial charge in [-0.15, -0.1) is 0 Å². The molecule has 0 aliphatic rings. The van der Waals surface area contributed by atoms with Gasteiger partial charge in [0, 0.05) is 19.6 Å². The molecule has 5 nitrogen and oxygen atoms in total. The first-order valence-electron chi connectivity index (χ1n) is 5.72. The van der Waals surface area contributed by atoms with Gasteiger partial charge in [0.25, 0.3) is 0 Å². The molecule has 0 saturated carbocycles. The molecule has 0 aromatic heterocycles. The Morgan fingerprint density at radius 3 is 1.81 bits per heavy atom. The molecule has 0 rings (SSSR count). The summed E-state index contributed by atoms with van der Waals surface area (Å²) in [6.07, 6.45) is 1.82. The van der Waals surface area contributed by atoms with Crippen LogP contribution in [-0.2, 0) is 0 Å². The molecule has 16 heavy (non-hydrogen) atoms. The molecule has 5 N–H and O–H groups in total. The summed E-state index contributed by atoms with van der Waals surface area (Å²) in [7, 11) is 0. The summed E-state index contributed by atoms with van der Waals surface area (Å²) in [6, 6.07) is 0. The minimum Gasteiger partial charge on any atom is -1.00 e. The molecule has 0 unspecified atom stereocenters. The monoisotopic (exact) mass is 256 g/mol. The molecule has 0 atom stereocenters. The number of halogens is 1. The van der Waals surface area contributed by atoms with Gasteiger partial charge in [-0.2, -0.15) is 0 Å². The second-order valence-electron chi connectivity index (χ2n) is 3.63. The van der Waals surface area contributed by atoms with Gasteiger partial charge in [-0.05, 0) is 13.0 Å². The Balaban J connectivity index is 0. The van der Waals surface area contributed by atoms with Gasteiger partial charge in [0.1, 0.15) is 13.1 Å². The Bertz CT molecular complexity index is 125. The first kappa shape index (κ1) is 18.5. The van der Waals surface area contributed by atoms with E-state index in [1.165, 1.54) is 4.90 Å². The molecule has 0 spiro atoms. The standard InChI is InChI=1S/C10H24N2O3.ClH/c13-8-2-4-11-3-1-5-12(6-9-14)7-10-15;/h11,13-15H,1-10H2;1H. The number of quaternary nitrogens is 1. The Morgan fingerprint density at radius 2 is 1.31 bits per heavy atom. The average molecular weight is 257 g/mol. The maximum absolute atomic E-state index is 8.79. The van der Waals surface area contributed by atoms with Crippen LogP contribution in [0.1, 0.15) is 12.8 Å². The highest BCUT2D eigenvalue weighted by Crippen LogP contribution is 1.74. The van der Waals surface area contributed by atoms with E-state index in [0.29, 0.717) is 13.1 Å². The molecule has 0 amide bonds. The molecule has 0 heterocycles. The zero-order valence-electron chi connectivity index (χ0n) is 9.79. The topological polar surface area (TPSA) is 77.2 Å². The predicted octanol–water partition coefficient (Wildman–Crippen LogP) is -5.78. The van der Waals surface area contributed by atoms with Crippen molar-refractivity contribution in [1.82, 2.24) is 5.32 Å². The van der Waals surface area contributed by atoms with E-state index < -0.39 is 0 Å². The molecule has 0 aliphatic carbocycles. The van der Waals surface area contributed by atoms with Crippen LogP contribution >= 0.6 is 0 Å². The summed E-state index contributed by atoms with van der Waals surface area (Å²) in [6.45, 7) is 4.74. The number of hydrogen-bond donors (Lipinski definition) is 5. The van der Waals surface area contributed by atoms with Crippen molar-refractivity contribution in [2.45, 2.75) is 12.8 Å². The molecule has 0 bridgehead atoms. The van der Waals surface area contributed by atoms with Gasteiger partial charge >= 0.3 is 0 Å². The van der Waals surface area contributed by atoms with Crippen molar-refractivity contribution in [3.8, 4) is 0 Å². The highest BCUT2D eigenvalue weighted by molar-refractivity contribution is 4.46. The molecule has 0 aromatic rings. The summed E-state index contributed by atoms with van der Waals surface area (Å²) in [5.74, 6) is 0. The van der Waals surface area contributed by atoms with E-state index >= 15 is 0 Å². The van der Waals surface area contributed by atoms with E-state index in [9.17, 15) is 0 Å². The number of aliphatic hydroxyl groups excluding tert-OH is 3. The highest BCUT2D eigenvalue weighted by atomic mass is 35.5. The van der Waals surface area contributed by atoms with E-state index in [-0.39, 0.29) is 32.2 Å². The van der Waals surface area contributed by atoms with Crippen LogP contribution in [0.15, 0.2) is 0 Å². The molecule has 6 heteroatoms. The van der Waals surface area contributed by atoms with E-state index in [0.717, 1.165) is 32.5 Å². The van der Waals surface area contributed by atoms with Gasteiger partial charge in [-0.3, -0.25) is 0 Å². The fourth-order valence-electron chi connectivity index (χ4n) is 1.48. The lowest BCUT2D eigenvalue weighted by atomic mass is 10.3. The molecule has 0 fully saturated rings. The van der Waals surface area contributed by atoms with Crippen molar-refractivity contribution in [2.75, 3.05) is 52.5 Å². The summed E-state index contributed by atoms with van der Waals surface area (Å²) in [5.41, 5.74) is 0. The zero-order chi connectivity index (χ0) is 11.4. The van der Waals surface area contributed by atoms with E-state index in [1.54, 1.807) is 0 Å². The minimum absolute atomic E-state index is 0. The van der Waals surface area contributed by atoms with Crippen LogP contribution in [0.3, 0.4) is 0 Å². The van der Waals surface area contributed by atoms with Crippen molar-refractivity contribution in [3.05, 3.63) is 0 Å². The number of nitrogens with one attached hydrogen (secondary N) is 2. The van der Waals surface area contributed by atoms with Gasteiger partial charge in [0.15, 0.2) is 0 Å². The summed E-state index contributed by atoms with van der Waals surface area (Å²) >= 11 is 0. The molecular weight excluding hydrogens is 232 g/mol. The van der Waals surface area contributed by atoms with E-state index in [4.69, 9.17) is 15.3 Å². The van der Waals surface area contributed by atoms with Crippen LogP contribution in [0, 0.1) is 0 Å². The van der Waals surface area contributed by atoms with Crippen LogP contribution in [0.4, 0.5) is 0 Å². The SMILES string of the molecule is OCCCNCCC[NH+](CCO)CCO.[Cl-]. The Hall–Kier alpha value is 0.0900. The summed E-state index contributed by atoms with van der Waals surface area (Å²) in [5, 5.41) is 29.4. The Morgan fingerprint density at radius 1 is 0.750 bits per heavy atom. The average Bonchev–Trinajstić information content (AvgIpc) is 2.24. The summed E-state index contributed by atoms with van der Waals surface area (Å²) in [4.78, 5) is 1.24. The van der Waals surface area contributed by atoms with Crippen molar-refractivity contribution in [1.29, 1.82) is 0 Å². The fourth-order valence-corrected chi connectivity index (χ4v) is 1.48. The fraction of sp³-hybridized carbons (Fsp3) is 1.00. The molecule has 0 aromatic carbocycles. The van der Waals surface area contributed by atoms with E-state index in [2.05, 4.69) is 5.32 Å². The number of hydrogen-bond acceptors (Lipinski definition) is 4. The van der Waals surface area contributed by atoms with Gasteiger partial charge < -0.3 is 37.9 Å². The minimum atomic E-state index is 0. The maximum Gasteiger partial charge on any atom is 0.101 e. The lowest BCUT2D eigenvalue weighted by Gasteiger charge is -2.17. The van der Waals surface area contributed by atoms with Gasteiger partial charge in [-0.25, -0.2) is 0 Å². The maximum atomic E-state index is 8.79. The van der Waals surface area contributed by atoms with Gasteiger partial charge in [0.05, 0.1) is 19.8 Å². The van der Waals surface area contributed by atoms with Crippen LogP contribution in [0.2, 0.25) is 0 Å². The van der Waals surface area contributed by atoms with Gasteiger partial charge in [0.2, 0.25) is 0 Å². The van der Waals surface area contributed by atoms with Gasteiger partial charge in [-0.1, -0.05) is 0 Å². The molecule has 0 saturated heterocycles. The molecule has 0 radical (unpaired) electrons. The third kappa shape index (κ3) is 12.2. The predicted molar refractivity (Wildman–Crippen MR) is 58.9 cm³/mol. The number of aliphatic hydroxyl groups is 3. The highest BCUT2D eigenvalue weighted by Gasteiger charge is 2.05. The van der Waals surface area contributed by atoms with Crippen LogP contribution in [0.5, 0.6) is 0 Å². The molecule has 0 aliphatic heterocycles. The second-order valence-corrected chi connectivity index (χ2v) is 3.63. The number of rotatable bonds is 11. The quantitative estimate of drug-likeness (QED) is 0.239. The first-order valence-corrected chi connectivity index (χ1v) is 5.72. The van der Waals surface area contributed by atoms with Crippen molar-refractivity contribution in [2.24, 2.45) is 0 Å². The van der Waals surface area contributed by atoms with Crippen LogP contribution < -0.4 is 22.6 Å². The third-order valence-electron chi connectivity index (χ3n) is 2.33. The van der Waals surface area contributed by atoms with E-state index in [1.807, 2.05) is 0 Å². The third-order valence-corrected chi connectivity index (χ3v) is 2.33. The first-order chi connectivity index (χ1) is 7.35.